The zero-order valence-electron chi connectivity index (χ0n) is 6.35. The predicted molar refractivity (Wildman–Crippen MR) is 39.3 cm³/mol. The lowest BCUT2D eigenvalue weighted by atomic mass is 10.0. The van der Waals surface area contributed by atoms with Crippen LogP contribution in [0.15, 0.2) is 12.2 Å². The van der Waals surface area contributed by atoms with Crippen molar-refractivity contribution in [2.75, 3.05) is 0 Å². The van der Waals surface area contributed by atoms with Crippen molar-refractivity contribution in [3.63, 3.8) is 0 Å². The largest absolute Gasteiger partial charge is 0.299 e. The maximum Gasteiger partial charge on any atom is 0.139 e. The first kappa shape index (κ1) is 8.41. The summed E-state index contributed by atoms with van der Waals surface area (Å²) in [5.74, 6) is 0.424. The van der Waals surface area contributed by atoms with Gasteiger partial charge in [-0.05, 0) is 6.92 Å². The molecule has 0 spiro atoms. The average molecular weight is 126 g/mol. The highest BCUT2D eigenvalue weighted by Gasteiger charge is 2.04. The Kier molecular flexibility index (Phi) is 4.02. The first-order valence-electron chi connectivity index (χ1n) is 3.37. The molecule has 9 heavy (non-hydrogen) atoms. The minimum atomic E-state index is 0.111. The highest BCUT2D eigenvalue weighted by Crippen LogP contribution is 2.00. The van der Waals surface area contributed by atoms with Gasteiger partial charge in [0.1, 0.15) is 5.78 Å². The third-order valence-electron chi connectivity index (χ3n) is 1.34. The molecule has 0 N–H and O–H groups in total. The predicted octanol–water partition coefficient (Wildman–Crippen LogP) is 2.18. The molecule has 0 amide bonds. The summed E-state index contributed by atoms with van der Waals surface area (Å²) >= 11 is 0. The van der Waals surface area contributed by atoms with Gasteiger partial charge in [-0.15, -0.1) is 0 Å². The number of carbonyl (C=O) groups is 1. The number of ketones is 1. The maximum absolute atomic E-state index is 10.9. The molecule has 1 atom stereocenters. The number of allylic oxidation sites excluding steroid dienone is 2. The summed E-state index contributed by atoms with van der Waals surface area (Å²) in [4.78, 5) is 10.9. The van der Waals surface area contributed by atoms with E-state index in [2.05, 4.69) is 0 Å². The van der Waals surface area contributed by atoms with Crippen LogP contribution in [0.25, 0.3) is 0 Å². The van der Waals surface area contributed by atoms with Gasteiger partial charge in [-0.1, -0.05) is 26.0 Å². The van der Waals surface area contributed by atoms with Crippen molar-refractivity contribution < 1.29 is 4.79 Å². The summed E-state index contributed by atoms with van der Waals surface area (Å²) in [7, 11) is 0. The number of carbonyl (C=O) groups excluding carboxylic acids is 1. The van der Waals surface area contributed by atoms with Crippen molar-refractivity contribution >= 4 is 5.78 Å². The molecule has 0 fully saturated rings. The van der Waals surface area contributed by atoms with Gasteiger partial charge in [0.25, 0.3) is 0 Å². The van der Waals surface area contributed by atoms with E-state index in [9.17, 15) is 4.79 Å². The van der Waals surface area contributed by atoms with Gasteiger partial charge in [0, 0.05) is 12.3 Å². The zero-order valence-corrected chi connectivity index (χ0v) is 6.35. The van der Waals surface area contributed by atoms with Crippen LogP contribution in [0.3, 0.4) is 0 Å². The minimum Gasteiger partial charge on any atom is -0.299 e. The van der Waals surface area contributed by atoms with Gasteiger partial charge in [-0.3, -0.25) is 4.79 Å². The van der Waals surface area contributed by atoms with Gasteiger partial charge in [0.2, 0.25) is 0 Å². The fraction of sp³-hybridized carbons (Fsp3) is 0.625. The Balaban J connectivity index is 3.72. The van der Waals surface area contributed by atoms with E-state index in [1.807, 2.05) is 32.9 Å². The fourth-order valence-electron chi connectivity index (χ4n) is 0.718. The Labute approximate surface area is 56.8 Å². The van der Waals surface area contributed by atoms with Crippen molar-refractivity contribution in [2.24, 2.45) is 5.92 Å². The molecule has 0 saturated heterocycles. The molecule has 0 radical (unpaired) electrons. The van der Waals surface area contributed by atoms with Crippen LogP contribution in [-0.2, 0) is 4.79 Å². The molecule has 0 aromatic carbocycles. The molecule has 1 unspecified atom stereocenters. The van der Waals surface area contributed by atoms with E-state index in [0.29, 0.717) is 12.2 Å². The standard InChI is InChI=1S/C8H14O/c1-4-6-7(3)8(9)5-2/h4,6-7H,5H2,1-3H3/b6-4-. The van der Waals surface area contributed by atoms with Crippen LogP contribution in [0.2, 0.25) is 0 Å². The third-order valence-corrected chi connectivity index (χ3v) is 1.34. The lowest BCUT2D eigenvalue weighted by molar-refractivity contribution is -0.120. The van der Waals surface area contributed by atoms with E-state index >= 15 is 0 Å². The number of hydrogen-bond donors (Lipinski definition) is 0. The smallest absolute Gasteiger partial charge is 0.139 e. The molecule has 0 aromatic rings. The van der Waals surface area contributed by atoms with E-state index in [4.69, 9.17) is 0 Å². The molecule has 0 heterocycles. The fourth-order valence-corrected chi connectivity index (χ4v) is 0.718. The first-order chi connectivity index (χ1) is 4.22. The number of hydrogen-bond acceptors (Lipinski definition) is 1. The molecule has 0 aliphatic heterocycles. The second-order valence-electron chi connectivity index (χ2n) is 2.13. The average Bonchev–Trinajstić information content (AvgIpc) is 1.87. The molecule has 0 aromatic heterocycles. The SMILES string of the molecule is C/C=C\C(C)C(=O)CC. The Morgan fingerprint density at radius 1 is 1.67 bits per heavy atom. The molecule has 0 bridgehead atoms. The van der Waals surface area contributed by atoms with Crippen LogP contribution < -0.4 is 0 Å². The Bertz CT molecular complexity index is 114. The Morgan fingerprint density at radius 3 is 2.56 bits per heavy atom. The van der Waals surface area contributed by atoms with Crippen molar-refractivity contribution in [3.8, 4) is 0 Å². The summed E-state index contributed by atoms with van der Waals surface area (Å²) in [6, 6.07) is 0. The molecular weight excluding hydrogens is 112 g/mol. The van der Waals surface area contributed by atoms with Gasteiger partial charge in [0.15, 0.2) is 0 Å². The second kappa shape index (κ2) is 4.30. The molecule has 1 nitrogen and oxygen atoms in total. The van der Waals surface area contributed by atoms with Crippen molar-refractivity contribution in [1.82, 2.24) is 0 Å². The maximum atomic E-state index is 10.9. The Hall–Kier alpha value is -0.590. The lowest BCUT2D eigenvalue weighted by Crippen LogP contribution is -2.05. The number of rotatable bonds is 3. The van der Waals surface area contributed by atoms with E-state index in [0.717, 1.165) is 0 Å². The zero-order chi connectivity index (χ0) is 7.28. The van der Waals surface area contributed by atoms with E-state index in [1.165, 1.54) is 0 Å². The molecular formula is C8H14O. The van der Waals surface area contributed by atoms with Crippen LogP contribution in [0.5, 0.6) is 0 Å². The van der Waals surface area contributed by atoms with Crippen molar-refractivity contribution in [3.05, 3.63) is 12.2 Å². The van der Waals surface area contributed by atoms with Crippen LogP contribution in [0.4, 0.5) is 0 Å². The molecule has 0 aliphatic carbocycles. The van der Waals surface area contributed by atoms with Crippen LogP contribution in [0, 0.1) is 5.92 Å². The minimum absolute atomic E-state index is 0.111. The number of Topliss-reactive ketones (excluding diaryl/α,β-unsaturated/α-hetero) is 1. The van der Waals surface area contributed by atoms with Gasteiger partial charge in [0.05, 0.1) is 0 Å². The summed E-state index contributed by atoms with van der Waals surface area (Å²) in [5.41, 5.74) is 0. The molecule has 0 aliphatic rings. The van der Waals surface area contributed by atoms with Crippen LogP contribution in [0.1, 0.15) is 27.2 Å². The normalized spacial score (nSPS) is 14.1. The summed E-state index contributed by atoms with van der Waals surface area (Å²) in [6.07, 6.45) is 4.48. The van der Waals surface area contributed by atoms with E-state index < -0.39 is 0 Å². The topological polar surface area (TPSA) is 17.1 Å². The van der Waals surface area contributed by atoms with Crippen LogP contribution >= 0.6 is 0 Å². The quantitative estimate of drug-likeness (QED) is 0.530. The molecule has 0 rings (SSSR count). The highest BCUT2D eigenvalue weighted by molar-refractivity contribution is 5.81. The van der Waals surface area contributed by atoms with Crippen molar-refractivity contribution in [2.45, 2.75) is 27.2 Å². The van der Waals surface area contributed by atoms with Gasteiger partial charge in [-0.25, -0.2) is 0 Å². The highest BCUT2D eigenvalue weighted by atomic mass is 16.1. The Morgan fingerprint density at radius 2 is 2.22 bits per heavy atom. The molecule has 1 heteroatoms. The second-order valence-corrected chi connectivity index (χ2v) is 2.13. The lowest BCUT2D eigenvalue weighted by Gasteiger charge is -1.99. The first-order valence-corrected chi connectivity index (χ1v) is 3.37. The summed E-state index contributed by atoms with van der Waals surface area (Å²) in [5, 5.41) is 0. The van der Waals surface area contributed by atoms with Crippen LogP contribution in [-0.4, -0.2) is 5.78 Å². The molecule has 52 valence electrons. The third kappa shape index (κ3) is 3.07. The van der Waals surface area contributed by atoms with Gasteiger partial charge in [-0.2, -0.15) is 0 Å². The van der Waals surface area contributed by atoms with Gasteiger partial charge < -0.3 is 0 Å². The summed E-state index contributed by atoms with van der Waals surface area (Å²) in [6.45, 7) is 5.74. The van der Waals surface area contributed by atoms with Gasteiger partial charge >= 0.3 is 0 Å². The van der Waals surface area contributed by atoms with Crippen molar-refractivity contribution in [1.29, 1.82) is 0 Å². The summed E-state index contributed by atoms with van der Waals surface area (Å²) < 4.78 is 0. The molecule has 0 saturated carbocycles. The van der Waals surface area contributed by atoms with E-state index in [1.54, 1.807) is 0 Å². The van der Waals surface area contributed by atoms with E-state index in [-0.39, 0.29) is 5.92 Å². The monoisotopic (exact) mass is 126 g/mol.